The molecule has 2 heterocycles. The molecule has 6 heteroatoms. The number of hydrogen-bond acceptors (Lipinski definition) is 3. The van der Waals surface area contributed by atoms with Gasteiger partial charge in [0.15, 0.2) is 0 Å². The fraction of sp³-hybridized carbons (Fsp3) is 0.667. The van der Waals surface area contributed by atoms with Crippen molar-refractivity contribution >= 4 is 0 Å². The number of rotatable bonds is 3. The third kappa shape index (κ3) is 3.31. The van der Waals surface area contributed by atoms with E-state index in [4.69, 9.17) is 4.74 Å². The second-order valence-corrected chi connectivity index (χ2v) is 6.22. The van der Waals surface area contributed by atoms with Crippen LogP contribution in [0.15, 0.2) is 18.3 Å². The first-order valence-electron chi connectivity index (χ1n) is 7.34. The Balaban J connectivity index is 1.46. The van der Waals surface area contributed by atoms with Crippen LogP contribution in [-0.4, -0.2) is 24.7 Å². The van der Waals surface area contributed by atoms with Gasteiger partial charge in [-0.2, -0.15) is 13.2 Å². The number of aromatic nitrogens is 1. The molecule has 0 atom stereocenters. The average Bonchev–Trinajstić information content (AvgIpc) is 2.43. The van der Waals surface area contributed by atoms with Crippen molar-refractivity contribution in [3.05, 3.63) is 23.9 Å². The van der Waals surface area contributed by atoms with Crippen molar-refractivity contribution < 1.29 is 17.9 Å². The molecule has 1 aromatic rings. The molecule has 1 aliphatic carbocycles. The van der Waals surface area contributed by atoms with Crippen LogP contribution in [0.2, 0.25) is 0 Å². The highest BCUT2D eigenvalue weighted by molar-refractivity contribution is 5.20. The first-order valence-corrected chi connectivity index (χ1v) is 7.34. The molecule has 1 aromatic heterocycles. The van der Waals surface area contributed by atoms with Gasteiger partial charge in [0.1, 0.15) is 0 Å². The molecule has 1 saturated heterocycles. The van der Waals surface area contributed by atoms with E-state index in [1.807, 2.05) is 0 Å². The van der Waals surface area contributed by atoms with Crippen LogP contribution >= 0.6 is 0 Å². The van der Waals surface area contributed by atoms with E-state index in [2.05, 4.69) is 10.3 Å². The number of pyridine rings is 1. The topological polar surface area (TPSA) is 34.1 Å². The van der Waals surface area contributed by atoms with Gasteiger partial charge in [-0.05, 0) is 56.2 Å². The lowest BCUT2D eigenvalue weighted by atomic mass is 9.58. The van der Waals surface area contributed by atoms with Crippen molar-refractivity contribution in [3.8, 4) is 5.88 Å². The van der Waals surface area contributed by atoms with Gasteiger partial charge in [-0.3, -0.25) is 0 Å². The highest BCUT2D eigenvalue weighted by Gasteiger charge is 2.44. The highest BCUT2D eigenvalue weighted by Crippen LogP contribution is 2.51. The zero-order chi connectivity index (χ0) is 14.9. The predicted octanol–water partition coefficient (Wildman–Crippen LogP) is 3.26. The van der Waals surface area contributed by atoms with Crippen molar-refractivity contribution in [2.45, 2.75) is 31.9 Å². The number of nitrogens with one attached hydrogen (secondary N) is 1. The van der Waals surface area contributed by atoms with E-state index in [1.165, 1.54) is 18.9 Å². The third-order valence-electron chi connectivity index (χ3n) is 4.64. The Morgan fingerprint density at radius 2 is 1.95 bits per heavy atom. The minimum absolute atomic E-state index is 0.272. The summed E-state index contributed by atoms with van der Waals surface area (Å²) in [5.41, 5.74) is -0.250. The lowest BCUT2D eigenvalue weighted by molar-refractivity contribution is -0.137. The first-order chi connectivity index (χ1) is 9.97. The van der Waals surface area contributed by atoms with E-state index in [9.17, 15) is 13.2 Å². The molecule has 1 aliphatic heterocycles. The van der Waals surface area contributed by atoms with Gasteiger partial charge in [-0.15, -0.1) is 0 Å². The molecule has 2 aliphatic rings. The second-order valence-electron chi connectivity index (χ2n) is 6.22. The lowest BCUT2D eigenvalue weighted by Gasteiger charge is -2.50. The summed E-state index contributed by atoms with van der Waals surface area (Å²) in [4.78, 5) is 3.73. The summed E-state index contributed by atoms with van der Waals surface area (Å²) < 4.78 is 42.8. The van der Waals surface area contributed by atoms with E-state index in [0.717, 1.165) is 38.2 Å². The maximum Gasteiger partial charge on any atom is 0.417 e. The van der Waals surface area contributed by atoms with Crippen molar-refractivity contribution in [2.75, 3.05) is 19.7 Å². The maximum atomic E-state index is 12.4. The van der Waals surface area contributed by atoms with E-state index < -0.39 is 11.7 Å². The van der Waals surface area contributed by atoms with E-state index in [0.29, 0.717) is 17.9 Å². The molecule has 0 aromatic carbocycles. The number of piperidine rings is 1. The van der Waals surface area contributed by atoms with E-state index in [-0.39, 0.29) is 5.88 Å². The number of ether oxygens (including phenoxy) is 1. The van der Waals surface area contributed by atoms with Crippen LogP contribution in [0.25, 0.3) is 0 Å². The smallest absolute Gasteiger partial charge is 0.417 e. The zero-order valence-electron chi connectivity index (χ0n) is 11.7. The van der Waals surface area contributed by atoms with Crippen LogP contribution < -0.4 is 10.1 Å². The first kappa shape index (κ1) is 14.6. The van der Waals surface area contributed by atoms with Crippen LogP contribution in [0, 0.1) is 11.3 Å². The molecule has 3 rings (SSSR count). The van der Waals surface area contributed by atoms with Crippen molar-refractivity contribution in [1.29, 1.82) is 0 Å². The van der Waals surface area contributed by atoms with Crippen LogP contribution in [0.4, 0.5) is 13.2 Å². The summed E-state index contributed by atoms with van der Waals surface area (Å²) in [5.74, 6) is 0.779. The van der Waals surface area contributed by atoms with Crippen molar-refractivity contribution in [2.24, 2.45) is 11.3 Å². The van der Waals surface area contributed by atoms with Gasteiger partial charge in [0.25, 0.3) is 0 Å². The van der Waals surface area contributed by atoms with Gasteiger partial charge in [0.05, 0.1) is 12.2 Å². The van der Waals surface area contributed by atoms with Crippen LogP contribution in [0.1, 0.15) is 31.2 Å². The Kier molecular flexibility index (Phi) is 3.82. The third-order valence-corrected chi connectivity index (χ3v) is 4.64. The fourth-order valence-corrected chi connectivity index (χ4v) is 3.48. The Labute approximate surface area is 121 Å². The van der Waals surface area contributed by atoms with Gasteiger partial charge in [-0.25, -0.2) is 4.98 Å². The fourth-order valence-electron chi connectivity index (χ4n) is 3.48. The summed E-state index contributed by atoms with van der Waals surface area (Å²) in [7, 11) is 0. The zero-order valence-corrected chi connectivity index (χ0v) is 11.7. The summed E-state index contributed by atoms with van der Waals surface area (Å²) >= 11 is 0. The van der Waals surface area contributed by atoms with Crippen LogP contribution in [-0.2, 0) is 6.18 Å². The predicted molar refractivity (Wildman–Crippen MR) is 72.0 cm³/mol. The number of alkyl halides is 3. The quantitative estimate of drug-likeness (QED) is 0.930. The maximum absolute atomic E-state index is 12.4. The molecule has 116 valence electrons. The SMILES string of the molecule is FC(F)(F)c1ccc(OCC2CC3(CCNCC3)C2)nc1. The van der Waals surface area contributed by atoms with Gasteiger partial charge in [0.2, 0.25) is 5.88 Å². The molecule has 3 nitrogen and oxygen atoms in total. The Morgan fingerprint density at radius 3 is 2.52 bits per heavy atom. The molecule has 0 radical (unpaired) electrons. The minimum atomic E-state index is -4.35. The Hall–Kier alpha value is -1.30. The van der Waals surface area contributed by atoms with Gasteiger partial charge >= 0.3 is 6.18 Å². The molecule has 1 spiro atoms. The second kappa shape index (κ2) is 5.48. The van der Waals surface area contributed by atoms with Crippen molar-refractivity contribution in [1.82, 2.24) is 10.3 Å². The molecular weight excluding hydrogens is 281 g/mol. The molecule has 0 bridgehead atoms. The highest BCUT2D eigenvalue weighted by atomic mass is 19.4. The molecule has 0 amide bonds. The minimum Gasteiger partial charge on any atom is -0.477 e. The standard InChI is InChI=1S/C15H19F3N2O/c16-15(17,18)12-1-2-13(20-9-12)21-10-11-7-14(8-11)3-5-19-6-4-14/h1-2,9,11,19H,3-8,10H2. The number of halogens is 3. The Bertz CT molecular complexity index is 473. The van der Waals surface area contributed by atoms with Gasteiger partial charge in [0, 0.05) is 12.3 Å². The van der Waals surface area contributed by atoms with Crippen LogP contribution in [0.5, 0.6) is 5.88 Å². The van der Waals surface area contributed by atoms with Gasteiger partial charge < -0.3 is 10.1 Å². The monoisotopic (exact) mass is 300 g/mol. The molecular formula is C15H19F3N2O. The van der Waals surface area contributed by atoms with Crippen molar-refractivity contribution in [3.63, 3.8) is 0 Å². The molecule has 21 heavy (non-hydrogen) atoms. The average molecular weight is 300 g/mol. The number of nitrogens with zero attached hydrogens (tertiary/aromatic N) is 1. The molecule has 1 saturated carbocycles. The lowest BCUT2D eigenvalue weighted by Crippen LogP contribution is -2.46. The Morgan fingerprint density at radius 1 is 1.24 bits per heavy atom. The summed E-state index contributed by atoms with van der Waals surface area (Å²) in [6.07, 6.45) is 1.25. The molecule has 1 N–H and O–H groups in total. The molecule has 2 fully saturated rings. The summed E-state index contributed by atoms with van der Waals surface area (Å²) in [5, 5.41) is 3.37. The normalized spacial score (nSPS) is 22.0. The number of hydrogen-bond donors (Lipinski definition) is 1. The summed E-state index contributed by atoms with van der Waals surface area (Å²) in [6, 6.07) is 2.30. The molecule has 0 unspecified atom stereocenters. The largest absolute Gasteiger partial charge is 0.477 e. The summed E-state index contributed by atoms with van der Waals surface area (Å²) in [6.45, 7) is 2.73. The van der Waals surface area contributed by atoms with E-state index >= 15 is 0 Å². The van der Waals surface area contributed by atoms with Gasteiger partial charge in [-0.1, -0.05) is 0 Å². The van der Waals surface area contributed by atoms with E-state index in [1.54, 1.807) is 0 Å². The van der Waals surface area contributed by atoms with Crippen LogP contribution in [0.3, 0.4) is 0 Å².